The Morgan fingerprint density at radius 2 is 1.85 bits per heavy atom. The van der Waals surface area contributed by atoms with Crippen LogP contribution >= 0.6 is 11.3 Å². The van der Waals surface area contributed by atoms with E-state index in [1.165, 1.54) is 16.0 Å². The van der Waals surface area contributed by atoms with Crippen molar-refractivity contribution in [1.29, 1.82) is 0 Å². The predicted molar refractivity (Wildman–Crippen MR) is 100 cm³/mol. The average molecular weight is 397 g/mol. The molecule has 9 heteroatoms. The number of thiophene rings is 1. The molecule has 142 valence electrons. The first-order valence-corrected chi connectivity index (χ1v) is 11.5. The van der Waals surface area contributed by atoms with Crippen LogP contribution in [0.5, 0.6) is 0 Å². The summed E-state index contributed by atoms with van der Waals surface area (Å²) in [6, 6.07) is 3.67. The fraction of sp³-hybridized carbons (Fsp3) is 0.647. The number of hydrogen-bond donors (Lipinski definition) is 0. The maximum absolute atomic E-state index is 12.7. The second-order valence-electron chi connectivity index (χ2n) is 7.18. The third kappa shape index (κ3) is 3.05. The van der Waals surface area contributed by atoms with E-state index in [4.69, 9.17) is 0 Å². The summed E-state index contributed by atoms with van der Waals surface area (Å²) in [6.45, 7) is 0.945. The van der Waals surface area contributed by atoms with Gasteiger partial charge >= 0.3 is 5.69 Å². The average Bonchev–Trinajstić information content (AvgIpc) is 3.38. The molecule has 0 bridgehead atoms. The highest BCUT2D eigenvalue weighted by Crippen LogP contribution is 2.34. The van der Waals surface area contributed by atoms with E-state index < -0.39 is 10.0 Å². The van der Waals surface area contributed by atoms with E-state index in [0.717, 1.165) is 31.5 Å². The first-order valence-electron chi connectivity index (χ1n) is 9.17. The lowest BCUT2D eigenvalue weighted by Gasteiger charge is -2.31. The zero-order chi connectivity index (χ0) is 18.3. The normalized spacial score (nSPS) is 20.8. The summed E-state index contributed by atoms with van der Waals surface area (Å²) in [5.41, 5.74) is -0.0412. The van der Waals surface area contributed by atoms with Crippen LogP contribution in [0.25, 0.3) is 0 Å². The van der Waals surface area contributed by atoms with Gasteiger partial charge in [-0.25, -0.2) is 17.9 Å². The minimum Gasteiger partial charge on any atom is -0.276 e. The lowest BCUT2D eigenvalue weighted by atomic mass is 9.97. The Morgan fingerprint density at radius 3 is 2.46 bits per heavy atom. The van der Waals surface area contributed by atoms with Crippen LogP contribution in [-0.2, 0) is 17.1 Å². The van der Waals surface area contributed by atoms with Crippen molar-refractivity contribution in [3.8, 4) is 0 Å². The molecule has 0 atom stereocenters. The highest BCUT2D eigenvalue weighted by Gasteiger charge is 2.34. The number of aryl methyl sites for hydroxylation is 1. The first-order chi connectivity index (χ1) is 12.5. The predicted octanol–water partition coefficient (Wildman–Crippen LogP) is 2.33. The summed E-state index contributed by atoms with van der Waals surface area (Å²) in [6.07, 6.45) is 5.78. The third-order valence-corrected chi connectivity index (χ3v) is 8.85. The number of hydrogen-bond acceptors (Lipinski definition) is 5. The Bertz CT molecular complexity index is 916. The Balaban J connectivity index is 1.54. The van der Waals surface area contributed by atoms with Crippen molar-refractivity contribution >= 4 is 21.4 Å². The second kappa shape index (κ2) is 6.94. The molecule has 7 nitrogen and oxygen atoms in total. The van der Waals surface area contributed by atoms with Gasteiger partial charge in [-0.15, -0.1) is 11.3 Å². The summed E-state index contributed by atoms with van der Waals surface area (Å²) in [5, 5.41) is 6.30. The number of sulfonamides is 1. The molecule has 1 saturated heterocycles. The molecule has 0 aromatic carbocycles. The Labute approximate surface area is 157 Å². The smallest absolute Gasteiger partial charge is 0.276 e. The summed E-state index contributed by atoms with van der Waals surface area (Å²) in [5.74, 6) is 0.983. The maximum atomic E-state index is 12.7. The highest BCUT2D eigenvalue weighted by molar-refractivity contribution is 7.91. The summed E-state index contributed by atoms with van der Waals surface area (Å²) in [7, 11) is -1.69. The molecule has 4 rings (SSSR count). The zero-order valence-corrected chi connectivity index (χ0v) is 16.5. The van der Waals surface area contributed by atoms with Crippen molar-refractivity contribution in [1.82, 2.24) is 18.7 Å². The van der Waals surface area contributed by atoms with E-state index in [9.17, 15) is 13.2 Å². The highest BCUT2D eigenvalue weighted by atomic mass is 32.2. The van der Waals surface area contributed by atoms with Gasteiger partial charge in [-0.3, -0.25) is 4.57 Å². The molecule has 2 fully saturated rings. The Morgan fingerprint density at radius 1 is 1.15 bits per heavy atom. The monoisotopic (exact) mass is 396 g/mol. The molecule has 0 N–H and O–H groups in total. The van der Waals surface area contributed by atoms with Crippen LogP contribution in [0.3, 0.4) is 0 Å². The second-order valence-corrected chi connectivity index (χ2v) is 10.3. The van der Waals surface area contributed by atoms with Crippen LogP contribution in [0.1, 0.15) is 56.3 Å². The SMILES string of the molecule is Cn1nc(C2CCN(S(=O)(=O)c3cccs3)CC2)n(C2CCCC2)c1=O. The van der Waals surface area contributed by atoms with Crippen LogP contribution in [0, 0.1) is 0 Å². The van der Waals surface area contributed by atoms with Crippen LogP contribution in [0.15, 0.2) is 26.5 Å². The third-order valence-electron chi connectivity index (χ3n) is 5.58. The molecule has 26 heavy (non-hydrogen) atoms. The minimum absolute atomic E-state index is 0.0412. The number of nitrogens with zero attached hydrogens (tertiary/aromatic N) is 4. The Kier molecular flexibility index (Phi) is 4.79. The van der Waals surface area contributed by atoms with E-state index in [1.54, 1.807) is 28.9 Å². The minimum atomic E-state index is -3.40. The molecular formula is C17H24N4O3S2. The first kappa shape index (κ1) is 17.9. The van der Waals surface area contributed by atoms with Crippen molar-refractivity contribution < 1.29 is 8.42 Å². The quantitative estimate of drug-likeness (QED) is 0.795. The van der Waals surface area contributed by atoms with Gasteiger partial charge in [-0.1, -0.05) is 18.9 Å². The summed E-state index contributed by atoms with van der Waals surface area (Å²) in [4.78, 5) is 12.6. The van der Waals surface area contributed by atoms with Gasteiger partial charge in [0.1, 0.15) is 10.0 Å². The molecule has 2 aromatic heterocycles. The van der Waals surface area contributed by atoms with Gasteiger partial charge in [0.2, 0.25) is 0 Å². The standard InChI is InChI=1S/C17H24N4O3S2/c1-19-17(22)21(14-5-2-3-6-14)16(18-19)13-8-10-20(11-9-13)26(23,24)15-7-4-12-25-15/h4,7,12-14H,2-3,5-6,8-11H2,1H3. The lowest BCUT2D eigenvalue weighted by Crippen LogP contribution is -2.38. The summed E-state index contributed by atoms with van der Waals surface area (Å²) >= 11 is 1.25. The van der Waals surface area contributed by atoms with Gasteiger partial charge in [-0.2, -0.15) is 9.40 Å². The van der Waals surface area contributed by atoms with Crippen molar-refractivity contribution in [2.75, 3.05) is 13.1 Å². The topological polar surface area (TPSA) is 77.2 Å². The van der Waals surface area contributed by atoms with E-state index in [2.05, 4.69) is 5.10 Å². The molecule has 1 aliphatic carbocycles. The fourth-order valence-corrected chi connectivity index (χ4v) is 6.79. The Hall–Kier alpha value is -1.45. The van der Waals surface area contributed by atoms with Crippen LogP contribution in [0.2, 0.25) is 0 Å². The molecule has 0 unspecified atom stereocenters. The van der Waals surface area contributed by atoms with Crippen molar-refractivity contribution in [3.05, 3.63) is 33.8 Å². The molecule has 0 radical (unpaired) electrons. The van der Waals surface area contributed by atoms with E-state index >= 15 is 0 Å². The van der Waals surface area contributed by atoms with Gasteiger partial charge in [-0.05, 0) is 37.1 Å². The van der Waals surface area contributed by atoms with Crippen LogP contribution in [0.4, 0.5) is 0 Å². The summed E-state index contributed by atoms with van der Waals surface area (Å²) < 4.78 is 30.7. The number of piperidine rings is 1. The molecular weight excluding hydrogens is 372 g/mol. The molecule has 2 aromatic rings. The van der Waals surface area contributed by atoms with Crippen LogP contribution in [-0.4, -0.2) is 40.2 Å². The van der Waals surface area contributed by atoms with E-state index in [-0.39, 0.29) is 17.6 Å². The molecule has 3 heterocycles. The maximum Gasteiger partial charge on any atom is 0.345 e. The largest absolute Gasteiger partial charge is 0.345 e. The van der Waals surface area contributed by atoms with Gasteiger partial charge in [0, 0.05) is 32.1 Å². The van der Waals surface area contributed by atoms with Gasteiger partial charge < -0.3 is 0 Å². The van der Waals surface area contributed by atoms with E-state index in [1.807, 2.05) is 4.57 Å². The molecule has 1 saturated carbocycles. The van der Waals surface area contributed by atoms with Crippen LogP contribution < -0.4 is 5.69 Å². The zero-order valence-electron chi connectivity index (χ0n) is 14.9. The van der Waals surface area contributed by atoms with Crippen molar-refractivity contribution in [3.63, 3.8) is 0 Å². The van der Waals surface area contributed by atoms with Crippen molar-refractivity contribution in [2.24, 2.45) is 7.05 Å². The molecule has 0 amide bonds. The van der Waals surface area contributed by atoms with Gasteiger partial charge in [0.15, 0.2) is 0 Å². The van der Waals surface area contributed by atoms with Gasteiger partial charge in [0.25, 0.3) is 10.0 Å². The van der Waals surface area contributed by atoms with E-state index in [0.29, 0.717) is 30.1 Å². The molecule has 1 aliphatic heterocycles. The van der Waals surface area contributed by atoms with Crippen molar-refractivity contribution in [2.45, 2.75) is 54.7 Å². The molecule has 0 spiro atoms. The number of aromatic nitrogens is 3. The lowest BCUT2D eigenvalue weighted by molar-refractivity contribution is 0.304. The number of rotatable bonds is 4. The van der Waals surface area contributed by atoms with Gasteiger partial charge in [0.05, 0.1) is 0 Å². The fourth-order valence-electron chi connectivity index (χ4n) is 4.17. The molecule has 2 aliphatic rings.